The van der Waals surface area contributed by atoms with E-state index in [0.29, 0.717) is 0 Å². The lowest BCUT2D eigenvalue weighted by Crippen LogP contribution is -2.52. The van der Waals surface area contributed by atoms with Crippen LogP contribution >= 0.6 is 0 Å². The summed E-state index contributed by atoms with van der Waals surface area (Å²) >= 11 is 0. The molecule has 1 aromatic rings. The smallest absolute Gasteiger partial charge is 0.305 e. The molecule has 0 aliphatic carbocycles. The van der Waals surface area contributed by atoms with E-state index in [1.54, 1.807) is 13.0 Å². The number of fused-ring (bicyclic) bond motifs is 5. The van der Waals surface area contributed by atoms with Crippen molar-refractivity contribution in [2.45, 2.75) is 38.3 Å². The highest BCUT2D eigenvalue weighted by Gasteiger charge is 2.76. The number of carbonyl (C=O) groups is 4. The maximum Gasteiger partial charge on any atom is 0.305 e. The van der Waals surface area contributed by atoms with E-state index in [-0.39, 0.29) is 11.4 Å². The van der Waals surface area contributed by atoms with Gasteiger partial charge in [0, 0.05) is 26.0 Å². The van der Waals surface area contributed by atoms with Gasteiger partial charge in [-0.15, -0.1) is 0 Å². The minimum Gasteiger partial charge on any atom is -0.422 e. The monoisotopic (exact) mass is 430 g/mol. The fourth-order valence-corrected chi connectivity index (χ4v) is 4.56. The second-order valence-electron chi connectivity index (χ2n) is 7.77. The van der Waals surface area contributed by atoms with E-state index >= 15 is 0 Å². The zero-order chi connectivity index (χ0) is 22.7. The number of benzene rings is 1. The lowest BCUT2D eigenvalue weighted by atomic mass is 9.72. The molecule has 2 bridgehead atoms. The van der Waals surface area contributed by atoms with Gasteiger partial charge in [0.2, 0.25) is 11.8 Å². The van der Waals surface area contributed by atoms with Gasteiger partial charge in [0.15, 0.2) is 5.60 Å². The van der Waals surface area contributed by atoms with E-state index in [9.17, 15) is 29.3 Å². The lowest BCUT2D eigenvalue weighted by molar-refractivity contribution is -0.384. The maximum atomic E-state index is 13.4. The van der Waals surface area contributed by atoms with Crippen LogP contribution in [0.2, 0.25) is 0 Å². The number of nitrogens with zero attached hydrogens (tertiary/aromatic N) is 2. The molecular formula is C20H18N2O9. The van der Waals surface area contributed by atoms with Crippen molar-refractivity contribution in [2.24, 2.45) is 11.8 Å². The van der Waals surface area contributed by atoms with Crippen LogP contribution in [0, 0.1) is 22.0 Å². The Hall–Kier alpha value is -3.60. The summed E-state index contributed by atoms with van der Waals surface area (Å²) in [7, 11) is 0. The second kappa shape index (κ2) is 6.71. The summed E-state index contributed by atoms with van der Waals surface area (Å²) in [5, 5.41) is 11.1. The van der Waals surface area contributed by atoms with Gasteiger partial charge in [0.05, 0.1) is 28.0 Å². The first-order chi connectivity index (χ1) is 14.5. The standard InChI is InChI=1S/C20H18N2O9/c1-10(23)29-18(30-11(2)24)20-8-7-19(3,31-20)14-15(20)17(26)21(16(14)25)12-5-4-6-13(9-12)22(27)28/h4-9,14-15,18H,1-3H3/t14-,15+,19+,20-/m0/s1. The highest BCUT2D eigenvalue weighted by Crippen LogP contribution is 2.59. The molecule has 0 spiro atoms. The minimum atomic E-state index is -1.71. The zero-order valence-corrected chi connectivity index (χ0v) is 16.8. The Labute approximate surface area is 175 Å². The highest BCUT2D eigenvalue weighted by molar-refractivity contribution is 6.23. The first-order valence-electron chi connectivity index (χ1n) is 9.37. The summed E-state index contributed by atoms with van der Waals surface area (Å²) in [6, 6.07) is 5.13. The number of hydrogen-bond donors (Lipinski definition) is 0. The van der Waals surface area contributed by atoms with Crippen molar-refractivity contribution in [3.05, 3.63) is 46.5 Å². The molecule has 3 heterocycles. The van der Waals surface area contributed by atoms with Crippen LogP contribution in [0.4, 0.5) is 11.4 Å². The molecule has 2 amide bonds. The first-order valence-corrected chi connectivity index (χ1v) is 9.37. The summed E-state index contributed by atoms with van der Waals surface area (Å²) < 4.78 is 16.4. The number of ether oxygens (including phenoxy) is 3. The van der Waals surface area contributed by atoms with Gasteiger partial charge >= 0.3 is 11.9 Å². The highest BCUT2D eigenvalue weighted by atomic mass is 16.7. The number of esters is 2. The largest absolute Gasteiger partial charge is 0.422 e. The quantitative estimate of drug-likeness (QED) is 0.168. The molecule has 0 radical (unpaired) electrons. The molecule has 3 aliphatic rings. The van der Waals surface area contributed by atoms with Gasteiger partial charge in [0.1, 0.15) is 0 Å². The molecule has 1 aromatic carbocycles. The molecule has 3 aliphatic heterocycles. The van der Waals surface area contributed by atoms with Crippen LogP contribution in [0.5, 0.6) is 0 Å². The predicted octanol–water partition coefficient (Wildman–Crippen LogP) is 1.25. The molecule has 162 valence electrons. The number of imide groups is 1. The number of amides is 2. The molecule has 0 saturated carbocycles. The second-order valence-corrected chi connectivity index (χ2v) is 7.77. The molecule has 11 heteroatoms. The molecular weight excluding hydrogens is 412 g/mol. The summed E-state index contributed by atoms with van der Waals surface area (Å²) in [4.78, 5) is 61.4. The van der Waals surface area contributed by atoms with E-state index in [4.69, 9.17) is 14.2 Å². The maximum absolute atomic E-state index is 13.4. The normalized spacial score (nSPS) is 30.6. The van der Waals surface area contributed by atoms with E-state index in [1.807, 2.05) is 0 Å². The van der Waals surface area contributed by atoms with Gasteiger partial charge in [-0.2, -0.15) is 0 Å². The molecule has 2 fully saturated rings. The topological polar surface area (TPSA) is 142 Å². The Bertz CT molecular complexity index is 1050. The third-order valence-corrected chi connectivity index (χ3v) is 5.69. The Kier molecular flexibility index (Phi) is 4.47. The minimum absolute atomic E-state index is 0.0354. The Balaban J connectivity index is 1.79. The molecule has 31 heavy (non-hydrogen) atoms. The van der Waals surface area contributed by atoms with Crippen molar-refractivity contribution in [3.63, 3.8) is 0 Å². The number of nitro groups is 1. The number of carbonyl (C=O) groups excluding carboxylic acids is 4. The van der Waals surface area contributed by atoms with Crippen molar-refractivity contribution in [1.82, 2.24) is 0 Å². The zero-order valence-electron chi connectivity index (χ0n) is 16.8. The summed E-state index contributed by atoms with van der Waals surface area (Å²) in [5.74, 6) is -5.04. The average Bonchev–Trinajstić information content (AvgIpc) is 3.26. The molecule has 0 unspecified atom stereocenters. The molecule has 4 rings (SSSR count). The molecule has 4 atom stereocenters. The van der Waals surface area contributed by atoms with E-state index in [2.05, 4.69) is 0 Å². The van der Waals surface area contributed by atoms with Crippen molar-refractivity contribution >= 4 is 35.1 Å². The summed E-state index contributed by atoms with van der Waals surface area (Å²) in [6.07, 6.45) is 1.43. The molecule has 2 saturated heterocycles. The third kappa shape index (κ3) is 2.92. The fourth-order valence-electron chi connectivity index (χ4n) is 4.56. The number of anilines is 1. The molecule has 0 N–H and O–H groups in total. The van der Waals surface area contributed by atoms with E-state index in [1.165, 1.54) is 24.3 Å². The number of rotatable bonds is 5. The third-order valence-electron chi connectivity index (χ3n) is 5.69. The van der Waals surface area contributed by atoms with Crippen molar-refractivity contribution in [3.8, 4) is 0 Å². The Morgan fingerprint density at radius 2 is 1.74 bits per heavy atom. The van der Waals surface area contributed by atoms with Crippen molar-refractivity contribution in [2.75, 3.05) is 4.90 Å². The predicted molar refractivity (Wildman–Crippen MR) is 101 cm³/mol. The van der Waals surface area contributed by atoms with Crippen LogP contribution in [0.25, 0.3) is 0 Å². The van der Waals surface area contributed by atoms with Crippen LogP contribution < -0.4 is 4.90 Å². The van der Waals surface area contributed by atoms with Gasteiger partial charge in [0.25, 0.3) is 12.0 Å². The van der Waals surface area contributed by atoms with Gasteiger partial charge in [-0.05, 0) is 19.1 Å². The lowest BCUT2D eigenvalue weighted by Gasteiger charge is -2.34. The van der Waals surface area contributed by atoms with Crippen LogP contribution in [0.1, 0.15) is 20.8 Å². The number of nitro benzene ring substituents is 1. The molecule has 11 nitrogen and oxygen atoms in total. The van der Waals surface area contributed by atoms with Gasteiger partial charge in [-0.1, -0.05) is 12.1 Å². The van der Waals surface area contributed by atoms with Gasteiger partial charge in [-0.25, -0.2) is 4.90 Å². The van der Waals surface area contributed by atoms with E-state index < -0.39 is 58.0 Å². The number of hydrogen-bond acceptors (Lipinski definition) is 9. The van der Waals surface area contributed by atoms with Crippen molar-refractivity contribution < 1.29 is 38.3 Å². The first kappa shape index (κ1) is 20.7. The van der Waals surface area contributed by atoms with Crippen molar-refractivity contribution in [1.29, 1.82) is 0 Å². The Morgan fingerprint density at radius 3 is 2.32 bits per heavy atom. The van der Waals surface area contributed by atoms with Gasteiger partial charge < -0.3 is 14.2 Å². The number of non-ortho nitro benzene ring substituents is 1. The SMILES string of the molecule is CC(=O)OC(OC(C)=O)[C@@]12C=C[C@@](C)(O1)[C@@H]1C(=O)N(c3cccc([N+](=O)[O-])c3)C(=O)[C@@H]12. The summed E-state index contributed by atoms with van der Waals surface area (Å²) in [6.45, 7) is 3.81. The van der Waals surface area contributed by atoms with Crippen LogP contribution in [-0.2, 0) is 33.4 Å². The van der Waals surface area contributed by atoms with Gasteiger partial charge in [-0.3, -0.25) is 29.3 Å². The Morgan fingerprint density at radius 1 is 1.13 bits per heavy atom. The van der Waals surface area contributed by atoms with Crippen LogP contribution in [0.15, 0.2) is 36.4 Å². The van der Waals surface area contributed by atoms with Crippen LogP contribution in [0.3, 0.4) is 0 Å². The van der Waals surface area contributed by atoms with E-state index in [0.717, 1.165) is 24.8 Å². The molecule has 0 aromatic heterocycles. The van der Waals surface area contributed by atoms with Crippen LogP contribution in [-0.4, -0.2) is 46.2 Å². The fraction of sp³-hybridized carbons (Fsp3) is 0.400. The summed E-state index contributed by atoms with van der Waals surface area (Å²) in [5.41, 5.74) is -3.19. The average molecular weight is 430 g/mol.